The molecule has 0 heterocycles. The van der Waals surface area contributed by atoms with Crippen molar-refractivity contribution in [3.05, 3.63) is 54.6 Å². The normalized spacial score (nSPS) is 13.0. The molecule has 2 aromatic carbocycles. The van der Waals surface area contributed by atoms with Crippen LogP contribution in [0.4, 0.5) is 11.4 Å². The number of hydrogen-bond acceptors (Lipinski definition) is 14. The van der Waals surface area contributed by atoms with Gasteiger partial charge in [0.25, 0.3) is 11.4 Å². The van der Waals surface area contributed by atoms with Gasteiger partial charge in [-0.2, -0.15) is 0 Å². The van der Waals surface area contributed by atoms with Gasteiger partial charge in [0, 0.05) is 12.1 Å². The number of rotatable bonds is 4. The Morgan fingerprint density at radius 1 is 0.667 bits per heavy atom. The fraction of sp³-hybridized carbons (Fsp3) is 0. The Bertz CT molecular complexity index is 1410. The summed E-state index contributed by atoms with van der Waals surface area (Å²) in [6, 6.07) is -0.126. The molecule has 19 heteroatoms. The third-order valence-corrected chi connectivity index (χ3v) is 6.03. The van der Waals surface area contributed by atoms with E-state index in [2.05, 4.69) is 0 Å². The van der Waals surface area contributed by atoms with Crippen LogP contribution < -0.4 is 51.4 Å². The van der Waals surface area contributed by atoms with Crippen molar-refractivity contribution in [1.29, 1.82) is 0 Å². The van der Waals surface area contributed by atoms with Gasteiger partial charge in [-0.1, -0.05) is 0 Å². The fourth-order valence-electron chi connectivity index (χ4n) is 3.09. The van der Waals surface area contributed by atoms with Crippen LogP contribution in [0.2, 0.25) is 0 Å². The summed E-state index contributed by atoms with van der Waals surface area (Å²) >= 11 is 0. The summed E-state index contributed by atoms with van der Waals surface area (Å²) in [7, 11) is -11.3. The maximum absolute atomic E-state index is 12.9. The smallest absolute Gasteiger partial charge is 0.744 e. The van der Waals surface area contributed by atoms with Gasteiger partial charge in [0.15, 0.2) is 0 Å². The predicted octanol–water partition coefficient (Wildman–Crippen LogP) is -3.50. The van der Waals surface area contributed by atoms with Crippen LogP contribution in [0.3, 0.4) is 0 Å². The molecular weight excluding hydrogens is 523 g/mol. The first kappa shape index (κ1) is 26.9. The second kappa shape index (κ2) is 8.45. The number of phenolic OH excluding ortho intramolecular Hbond substituents is 2. The van der Waals surface area contributed by atoms with Crippen molar-refractivity contribution in [2.45, 2.75) is 9.79 Å². The largest absolute Gasteiger partial charge is 1.00 e. The van der Waals surface area contributed by atoms with Crippen molar-refractivity contribution >= 4 is 43.2 Å². The molecule has 0 saturated heterocycles. The summed E-state index contributed by atoms with van der Waals surface area (Å²) in [4.78, 5) is 42.2. The molecule has 0 spiro atoms. The monoisotopic (exact) mass is 527 g/mol. The van der Waals surface area contributed by atoms with E-state index in [-0.39, 0.29) is 63.5 Å². The molecule has 2 aromatic rings. The average molecular weight is 527 g/mol. The van der Waals surface area contributed by atoms with Crippen LogP contribution in [-0.2, 0) is 20.2 Å². The van der Waals surface area contributed by atoms with Crippen LogP contribution in [0.25, 0.3) is 0 Å². The van der Waals surface area contributed by atoms with E-state index in [0.29, 0.717) is 0 Å². The van der Waals surface area contributed by atoms with E-state index in [9.17, 15) is 66.0 Å². The number of carbonyl (C=O) groups is 2. The molecule has 0 radical (unpaired) electrons. The standard InChI is InChI=1S/C14H6N2O14S2.K/c17-11-5(31(25,26)27)1-3(15(21)22)7-9(11)14(20)8-4(16(23)24)2-6(32(28,29)30)12(18)10(8)13(7)19;/h1-2,17-18H,(H,25,26,27)(H,28,29,30);/q;+1/p-2. The second-order valence-corrected chi connectivity index (χ2v) is 8.76. The van der Waals surface area contributed by atoms with Crippen molar-refractivity contribution < 1.29 is 107 Å². The summed E-state index contributed by atoms with van der Waals surface area (Å²) in [5.41, 5.74) is -8.83. The Morgan fingerprint density at radius 2 is 0.939 bits per heavy atom. The third kappa shape index (κ3) is 4.17. The van der Waals surface area contributed by atoms with Gasteiger partial charge in [0.1, 0.15) is 52.7 Å². The van der Waals surface area contributed by atoms with Crippen LogP contribution in [0.15, 0.2) is 21.9 Å². The molecule has 168 valence electrons. The van der Waals surface area contributed by atoms with Gasteiger partial charge in [-0.25, -0.2) is 16.8 Å². The Hall–Kier alpha value is -2.36. The summed E-state index contributed by atoms with van der Waals surface area (Å²) in [5, 5.41) is 43.0. The van der Waals surface area contributed by atoms with Crippen molar-refractivity contribution in [3.8, 4) is 11.5 Å². The Kier molecular flexibility index (Phi) is 6.88. The summed E-state index contributed by atoms with van der Waals surface area (Å²) < 4.78 is 68.1. The van der Waals surface area contributed by atoms with E-state index in [1.54, 1.807) is 0 Å². The van der Waals surface area contributed by atoms with Crippen LogP contribution in [0, 0.1) is 20.2 Å². The molecule has 0 amide bonds. The number of fused-ring (bicyclic) bond motifs is 2. The third-order valence-electron chi connectivity index (χ3n) is 4.33. The van der Waals surface area contributed by atoms with Gasteiger partial charge >= 0.3 is 51.4 Å². The zero-order valence-electron chi connectivity index (χ0n) is 15.7. The summed E-state index contributed by atoms with van der Waals surface area (Å²) in [6.45, 7) is 0. The van der Waals surface area contributed by atoms with Gasteiger partial charge < -0.3 is 19.3 Å². The van der Waals surface area contributed by atoms with Crippen molar-refractivity contribution in [3.63, 3.8) is 0 Å². The van der Waals surface area contributed by atoms with Crippen LogP contribution in [0.1, 0.15) is 31.8 Å². The molecule has 0 bridgehead atoms. The molecular formula is C14H4KN2O14S2-. The number of nitrogens with zero attached hydrogens (tertiary/aromatic N) is 2. The quantitative estimate of drug-likeness (QED) is 0.144. The predicted molar refractivity (Wildman–Crippen MR) is 92.3 cm³/mol. The molecule has 0 unspecified atom stereocenters. The van der Waals surface area contributed by atoms with Crippen molar-refractivity contribution in [1.82, 2.24) is 0 Å². The van der Waals surface area contributed by atoms with Gasteiger partial charge in [-0.05, 0) is 0 Å². The topological polar surface area (TPSA) is 275 Å². The van der Waals surface area contributed by atoms with E-state index in [1.165, 1.54) is 0 Å². The van der Waals surface area contributed by atoms with E-state index in [0.717, 1.165) is 0 Å². The molecule has 1 aliphatic carbocycles. The average Bonchev–Trinajstić information content (AvgIpc) is 2.62. The maximum Gasteiger partial charge on any atom is 1.00 e. The number of phenols is 2. The van der Waals surface area contributed by atoms with Gasteiger partial charge in [-0.3, -0.25) is 29.8 Å². The first-order valence-electron chi connectivity index (χ1n) is 7.60. The first-order valence-corrected chi connectivity index (χ1v) is 10.4. The van der Waals surface area contributed by atoms with Crippen LogP contribution in [-0.4, -0.2) is 57.6 Å². The number of aromatic hydroxyl groups is 2. The molecule has 16 nitrogen and oxygen atoms in total. The minimum atomic E-state index is -5.67. The molecule has 2 N–H and O–H groups in total. The molecule has 0 aliphatic heterocycles. The SMILES string of the molecule is O=C1c2c([N+](=O)[O-])cc(S(=O)(=O)[O-])c(O)c2C(=O)c2c([N+](=O)[O-])cc(S(=O)(=O)[O-])c(O)c21.[K+]. The molecule has 0 saturated carbocycles. The van der Waals surface area contributed by atoms with Crippen molar-refractivity contribution in [2.24, 2.45) is 0 Å². The molecule has 33 heavy (non-hydrogen) atoms. The second-order valence-electron chi connectivity index (χ2n) is 6.07. The van der Waals surface area contributed by atoms with Crippen molar-refractivity contribution in [2.75, 3.05) is 0 Å². The minimum absolute atomic E-state index is 0. The maximum atomic E-state index is 12.9. The Morgan fingerprint density at radius 3 is 1.15 bits per heavy atom. The van der Waals surface area contributed by atoms with E-state index < -0.39 is 96.6 Å². The van der Waals surface area contributed by atoms with E-state index in [4.69, 9.17) is 0 Å². The Balaban J connectivity index is 0.00000385. The first-order chi connectivity index (χ1) is 14.5. The zero-order valence-corrected chi connectivity index (χ0v) is 20.4. The van der Waals surface area contributed by atoms with Crippen LogP contribution in [0.5, 0.6) is 11.5 Å². The van der Waals surface area contributed by atoms with E-state index >= 15 is 0 Å². The number of carbonyl (C=O) groups excluding carboxylic acids is 2. The summed E-state index contributed by atoms with van der Waals surface area (Å²) in [5.74, 6) is -7.15. The zero-order chi connectivity index (χ0) is 24.5. The van der Waals surface area contributed by atoms with Gasteiger partial charge in [-0.15, -0.1) is 0 Å². The minimum Gasteiger partial charge on any atom is -0.744 e. The molecule has 3 rings (SSSR count). The number of hydrogen-bond donors (Lipinski definition) is 2. The number of benzene rings is 2. The molecule has 0 fully saturated rings. The van der Waals surface area contributed by atoms with Gasteiger partial charge in [0.05, 0.1) is 21.0 Å². The molecule has 0 aromatic heterocycles. The molecule has 0 atom stereocenters. The number of nitro benzene ring substituents is 2. The summed E-state index contributed by atoms with van der Waals surface area (Å²) in [6.07, 6.45) is 0. The Labute approximate surface area is 224 Å². The molecule has 1 aliphatic rings. The number of nitro groups is 2. The van der Waals surface area contributed by atoms with E-state index in [1.807, 2.05) is 0 Å². The van der Waals surface area contributed by atoms with Crippen LogP contribution >= 0.6 is 0 Å². The fourth-order valence-corrected chi connectivity index (χ4v) is 4.28. The number of ketones is 2. The van der Waals surface area contributed by atoms with Gasteiger partial charge in [0.2, 0.25) is 11.6 Å².